The molecule has 8 atom stereocenters. The van der Waals surface area contributed by atoms with E-state index in [4.69, 9.17) is 18.9 Å². The first-order valence-electron chi connectivity index (χ1n) is 11.8. The van der Waals surface area contributed by atoms with Crippen molar-refractivity contribution in [1.82, 2.24) is 0 Å². The Morgan fingerprint density at radius 3 is 2.64 bits per heavy atom. The fourth-order valence-corrected chi connectivity index (χ4v) is 6.11. The first-order valence-corrected chi connectivity index (χ1v) is 11.8. The van der Waals surface area contributed by atoms with Crippen molar-refractivity contribution in [2.45, 2.75) is 77.3 Å². The molecule has 8 nitrogen and oxygen atoms in total. The third kappa shape index (κ3) is 3.81. The van der Waals surface area contributed by atoms with Crippen LogP contribution in [0.15, 0.2) is 23.8 Å². The summed E-state index contributed by atoms with van der Waals surface area (Å²) in [6.45, 7) is 11.5. The van der Waals surface area contributed by atoms with E-state index in [0.29, 0.717) is 37.9 Å². The molecule has 0 aromatic carbocycles. The smallest absolute Gasteiger partial charge is 0.336 e. The van der Waals surface area contributed by atoms with Crippen molar-refractivity contribution in [3.63, 3.8) is 0 Å². The number of allylic oxidation sites excluding steroid dienone is 1. The maximum absolute atomic E-state index is 12.7. The number of hydrogen-bond acceptors (Lipinski definition) is 8. The summed E-state index contributed by atoms with van der Waals surface area (Å²) in [6.07, 6.45) is 2.11. The molecule has 2 aliphatic heterocycles. The van der Waals surface area contributed by atoms with Gasteiger partial charge in [0, 0.05) is 16.9 Å². The molecule has 2 saturated heterocycles. The van der Waals surface area contributed by atoms with E-state index in [0.717, 1.165) is 0 Å². The molecule has 0 bridgehead atoms. The quantitative estimate of drug-likeness (QED) is 0.277. The van der Waals surface area contributed by atoms with Crippen molar-refractivity contribution in [3.05, 3.63) is 23.8 Å². The summed E-state index contributed by atoms with van der Waals surface area (Å²) in [4.78, 5) is 38.0. The molecule has 4 fully saturated rings. The van der Waals surface area contributed by atoms with Gasteiger partial charge in [-0.05, 0) is 32.6 Å². The fraction of sp³-hybridized carbons (Fsp3) is 0.720. The number of ether oxygens (including phenoxy) is 4. The van der Waals surface area contributed by atoms with Gasteiger partial charge in [-0.25, -0.2) is 9.59 Å². The van der Waals surface area contributed by atoms with Gasteiger partial charge in [0.1, 0.15) is 18.3 Å². The lowest BCUT2D eigenvalue weighted by molar-refractivity contribution is -0.210. The number of carbonyl (C=O) groups excluding carboxylic acids is 3. The van der Waals surface area contributed by atoms with Gasteiger partial charge in [0.25, 0.3) is 0 Å². The summed E-state index contributed by atoms with van der Waals surface area (Å²) < 4.78 is 23.7. The molecule has 4 rings (SSSR count). The molecule has 8 heteroatoms. The molecule has 4 aliphatic rings. The van der Waals surface area contributed by atoms with Crippen molar-refractivity contribution in [3.8, 4) is 0 Å². The van der Waals surface area contributed by atoms with Crippen LogP contribution < -0.4 is 0 Å². The molecule has 1 N–H and O–H groups in total. The standard InChI is InChI=1S/C25H34O8/c1-6-13(3)21(27)31-16-10-24(5)17(32-23(29)15(7-2)11-26)8-9-25(12-30-25)20(24)19-18(16)14(4)22(28)33-19/h7,13,16-20,26H,4,6,8-12H2,1-3,5H3/b15-7-/t13-,16-,17-,18+,19-,20+,24-,25+/m0/s1. The second kappa shape index (κ2) is 8.55. The average molecular weight is 463 g/mol. The number of esters is 3. The summed E-state index contributed by atoms with van der Waals surface area (Å²) >= 11 is 0. The summed E-state index contributed by atoms with van der Waals surface area (Å²) in [5.74, 6) is -2.34. The number of hydrogen-bond donors (Lipinski definition) is 1. The van der Waals surface area contributed by atoms with Crippen LogP contribution in [0.2, 0.25) is 0 Å². The zero-order valence-electron chi connectivity index (χ0n) is 19.8. The second-order valence-corrected chi connectivity index (χ2v) is 10.2. The highest BCUT2D eigenvalue weighted by Gasteiger charge is 2.72. The third-order valence-corrected chi connectivity index (χ3v) is 8.30. The molecule has 33 heavy (non-hydrogen) atoms. The topological polar surface area (TPSA) is 112 Å². The lowest BCUT2D eigenvalue weighted by atomic mass is 9.51. The molecular weight excluding hydrogens is 428 g/mol. The van der Waals surface area contributed by atoms with Gasteiger partial charge >= 0.3 is 17.9 Å². The molecule has 0 radical (unpaired) electrons. The van der Waals surface area contributed by atoms with E-state index >= 15 is 0 Å². The van der Waals surface area contributed by atoms with Crippen LogP contribution in [0.5, 0.6) is 0 Å². The number of rotatable bonds is 6. The van der Waals surface area contributed by atoms with Crippen molar-refractivity contribution in [1.29, 1.82) is 0 Å². The van der Waals surface area contributed by atoms with Crippen molar-refractivity contribution >= 4 is 17.9 Å². The number of carbonyl (C=O) groups is 3. The second-order valence-electron chi connectivity index (χ2n) is 10.2. The van der Waals surface area contributed by atoms with E-state index in [2.05, 4.69) is 6.58 Å². The van der Waals surface area contributed by atoms with E-state index in [1.807, 2.05) is 20.8 Å². The molecule has 182 valence electrons. The van der Waals surface area contributed by atoms with Crippen LogP contribution in [0.1, 0.15) is 53.4 Å². The minimum absolute atomic E-state index is 0.187. The highest BCUT2D eigenvalue weighted by Crippen LogP contribution is 2.64. The van der Waals surface area contributed by atoms with E-state index < -0.39 is 53.8 Å². The Kier molecular flexibility index (Phi) is 6.20. The fourth-order valence-electron chi connectivity index (χ4n) is 6.11. The Labute approximate surface area is 194 Å². The third-order valence-electron chi connectivity index (χ3n) is 8.30. The van der Waals surface area contributed by atoms with Gasteiger partial charge in [-0.2, -0.15) is 0 Å². The summed E-state index contributed by atoms with van der Waals surface area (Å²) in [6, 6.07) is 0. The molecule has 0 aromatic rings. The van der Waals surface area contributed by atoms with Crippen LogP contribution in [0.3, 0.4) is 0 Å². The average Bonchev–Trinajstić information content (AvgIpc) is 3.48. The molecule has 0 unspecified atom stereocenters. The lowest BCUT2D eigenvalue weighted by Gasteiger charge is -2.56. The molecular formula is C25H34O8. The van der Waals surface area contributed by atoms with Gasteiger partial charge in [-0.15, -0.1) is 0 Å². The Bertz CT molecular complexity index is 887. The lowest BCUT2D eigenvalue weighted by Crippen LogP contribution is -2.63. The number of aliphatic hydroxyl groups excluding tert-OH is 1. The van der Waals surface area contributed by atoms with E-state index in [-0.39, 0.29) is 23.4 Å². The Hall–Kier alpha value is -2.19. The van der Waals surface area contributed by atoms with Gasteiger partial charge in [0.2, 0.25) is 0 Å². The van der Waals surface area contributed by atoms with Crippen LogP contribution in [-0.2, 0) is 33.3 Å². The number of aliphatic hydroxyl groups is 1. The predicted molar refractivity (Wildman–Crippen MR) is 117 cm³/mol. The van der Waals surface area contributed by atoms with Crippen LogP contribution >= 0.6 is 0 Å². The maximum atomic E-state index is 12.7. The van der Waals surface area contributed by atoms with E-state index in [1.54, 1.807) is 6.92 Å². The number of epoxide rings is 1. The Balaban J connectivity index is 1.70. The molecule has 2 heterocycles. The normalized spacial score (nSPS) is 40.5. The first kappa shape index (κ1) is 24.0. The first-order chi connectivity index (χ1) is 15.6. The number of fused-ring (bicyclic) bond motifs is 4. The summed E-state index contributed by atoms with van der Waals surface area (Å²) in [5, 5.41) is 9.50. The molecule has 2 saturated carbocycles. The van der Waals surface area contributed by atoms with Crippen molar-refractivity contribution in [2.24, 2.45) is 23.2 Å². The predicted octanol–water partition coefficient (Wildman–Crippen LogP) is 2.48. The Morgan fingerprint density at radius 1 is 1.36 bits per heavy atom. The van der Waals surface area contributed by atoms with Crippen LogP contribution in [0.25, 0.3) is 0 Å². The minimum atomic E-state index is -0.662. The molecule has 2 aliphatic carbocycles. The van der Waals surface area contributed by atoms with Gasteiger partial charge in [0.15, 0.2) is 0 Å². The van der Waals surface area contributed by atoms with Gasteiger partial charge < -0.3 is 24.1 Å². The molecule has 0 amide bonds. The SMILES string of the molecule is C=C1C(=O)O[C@H]2[C@H]1[C@@H](OC(=O)[C@@H](C)CC)C[C@@]1(C)[C@@H](OC(=O)/C(=C\C)CO)CC[C@@]3(CO3)[C@H]21. The maximum Gasteiger partial charge on any atom is 0.336 e. The van der Waals surface area contributed by atoms with Crippen molar-refractivity contribution < 1.29 is 38.4 Å². The Morgan fingerprint density at radius 2 is 2.06 bits per heavy atom. The minimum Gasteiger partial charge on any atom is -0.461 e. The largest absolute Gasteiger partial charge is 0.461 e. The summed E-state index contributed by atoms with van der Waals surface area (Å²) in [5.41, 5.74) is -0.606. The molecule has 0 aromatic heterocycles. The zero-order chi connectivity index (χ0) is 24.1. The van der Waals surface area contributed by atoms with E-state index in [9.17, 15) is 19.5 Å². The van der Waals surface area contributed by atoms with E-state index in [1.165, 1.54) is 6.08 Å². The highest BCUT2D eigenvalue weighted by atomic mass is 16.6. The van der Waals surface area contributed by atoms with Gasteiger partial charge in [0.05, 0.1) is 36.2 Å². The molecule has 1 spiro atoms. The zero-order valence-corrected chi connectivity index (χ0v) is 19.8. The highest BCUT2D eigenvalue weighted by molar-refractivity contribution is 5.91. The van der Waals surface area contributed by atoms with Crippen molar-refractivity contribution in [2.75, 3.05) is 13.2 Å². The van der Waals surface area contributed by atoms with Crippen LogP contribution in [-0.4, -0.2) is 60.1 Å². The monoisotopic (exact) mass is 462 g/mol. The van der Waals surface area contributed by atoms with Gasteiger partial charge in [-0.1, -0.05) is 33.4 Å². The van der Waals surface area contributed by atoms with Crippen LogP contribution in [0, 0.1) is 23.2 Å². The van der Waals surface area contributed by atoms with Gasteiger partial charge in [-0.3, -0.25) is 4.79 Å². The summed E-state index contributed by atoms with van der Waals surface area (Å²) in [7, 11) is 0. The van der Waals surface area contributed by atoms with Crippen LogP contribution in [0.4, 0.5) is 0 Å².